The van der Waals surface area contributed by atoms with E-state index in [0.29, 0.717) is 18.2 Å². The van der Waals surface area contributed by atoms with Crippen LogP contribution in [0.25, 0.3) is 0 Å². The first kappa shape index (κ1) is 14.5. The van der Waals surface area contributed by atoms with Gasteiger partial charge in [-0.25, -0.2) is 17.2 Å². The number of rotatable bonds is 4. The second kappa shape index (κ2) is 5.40. The number of carbonyl (C=O) groups excluding carboxylic acids is 1. The molecule has 0 radical (unpaired) electrons. The summed E-state index contributed by atoms with van der Waals surface area (Å²) in [7, 11) is -3.10. The van der Waals surface area contributed by atoms with E-state index in [2.05, 4.69) is 4.74 Å². The van der Waals surface area contributed by atoms with E-state index in [1.807, 2.05) is 4.72 Å². The highest BCUT2D eigenvalue weighted by molar-refractivity contribution is 7.89. The van der Waals surface area contributed by atoms with Crippen LogP contribution in [0.3, 0.4) is 0 Å². The highest BCUT2D eigenvalue weighted by Crippen LogP contribution is 2.13. The molecule has 0 saturated carbocycles. The molecule has 1 aromatic carbocycles. The first-order valence-corrected chi connectivity index (χ1v) is 6.31. The van der Waals surface area contributed by atoms with Gasteiger partial charge in [0.05, 0.1) is 12.0 Å². The van der Waals surface area contributed by atoms with E-state index in [-0.39, 0.29) is 0 Å². The second-order valence-electron chi connectivity index (χ2n) is 3.47. The van der Waals surface area contributed by atoms with Gasteiger partial charge in [-0.15, -0.1) is 0 Å². The number of esters is 1. The summed E-state index contributed by atoms with van der Waals surface area (Å²) in [6.07, 6.45) is 0. The van der Waals surface area contributed by atoms with Crippen LogP contribution in [0.2, 0.25) is 0 Å². The number of nitrogens with one attached hydrogen (secondary N) is 1. The van der Waals surface area contributed by atoms with Crippen LogP contribution in [0.4, 0.5) is 8.78 Å². The normalized spacial score (nSPS) is 13.1. The molecule has 0 saturated heterocycles. The lowest BCUT2D eigenvalue weighted by molar-refractivity contribution is -0.142. The van der Waals surface area contributed by atoms with Gasteiger partial charge in [-0.1, -0.05) is 0 Å². The maximum atomic E-state index is 12.9. The summed E-state index contributed by atoms with van der Waals surface area (Å²) in [4.78, 5) is 10.5. The molecule has 0 aliphatic carbocycles. The van der Waals surface area contributed by atoms with Crippen molar-refractivity contribution in [1.82, 2.24) is 4.72 Å². The van der Waals surface area contributed by atoms with E-state index in [4.69, 9.17) is 0 Å². The van der Waals surface area contributed by atoms with Gasteiger partial charge in [0, 0.05) is 6.07 Å². The Morgan fingerprint density at radius 2 is 1.78 bits per heavy atom. The third-order valence-electron chi connectivity index (χ3n) is 2.03. The van der Waals surface area contributed by atoms with Gasteiger partial charge in [-0.3, -0.25) is 4.79 Å². The third-order valence-corrected chi connectivity index (χ3v) is 3.55. The number of hydrogen-bond donors (Lipinski definition) is 1. The van der Waals surface area contributed by atoms with Crippen LogP contribution in [-0.4, -0.2) is 27.5 Å². The molecule has 5 nitrogen and oxygen atoms in total. The highest BCUT2D eigenvalue weighted by Gasteiger charge is 2.23. The minimum atomic E-state index is -4.19. The summed E-state index contributed by atoms with van der Waals surface area (Å²) < 4.78 is 55.5. The van der Waals surface area contributed by atoms with E-state index in [1.54, 1.807) is 0 Å². The average molecular weight is 279 g/mol. The quantitative estimate of drug-likeness (QED) is 0.828. The Kier molecular flexibility index (Phi) is 4.36. The van der Waals surface area contributed by atoms with Crippen LogP contribution in [0.5, 0.6) is 0 Å². The molecule has 8 heteroatoms. The predicted octanol–water partition coefficient (Wildman–Crippen LogP) is 0.805. The first-order chi connectivity index (χ1) is 8.26. The second-order valence-corrected chi connectivity index (χ2v) is 5.19. The maximum absolute atomic E-state index is 12.9. The summed E-state index contributed by atoms with van der Waals surface area (Å²) in [5.74, 6) is -2.86. The molecular formula is C10H11F2NO4S. The van der Waals surface area contributed by atoms with Gasteiger partial charge in [0.25, 0.3) is 0 Å². The maximum Gasteiger partial charge on any atom is 0.323 e. The molecule has 1 N–H and O–H groups in total. The number of methoxy groups -OCH3 is 1. The molecule has 1 rings (SSSR count). The predicted molar refractivity (Wildman–Crippen MR) is 58.2 cm³/mol. The lowest BCUT2D eigenvalue weighted by atomic mass is 10.3. The molecule has 18 heavy (non-hydrogen) atoms. The summed E-state index contributed by atoms with van der Waals surface area (Å²) in [5, 5.41) is 0. The van der Waals surface area contributed by atoms with Crippen LogP contribution in [0.15, 0.2) is 23.1 Å². The monoisotopic (exact) mass is 279 g/mol. The van der Waals surface area contributed by atoms with Gasteiger partial charge in [0.2, 0.25) is 10.0 Å². The molecule has 0 fully saturated rings. The zero-order valence-corrected chi connectivity index (χ0v) is 10.4. The summed E-state index contributed by atoms with van der Waals surface area (Å²) in [6, 6.07) is 0.680. The van der Waals surface area contributed by atoms with E-state index < -0.39 is 38.6 Å². The van der Waals surface area contributed by atoms with Crippen molar-refractivity contribution >= 4 is 16.0 Å². The number of sulfonamides is 1. The molecule has 1 atom stereocenters. The Labute approximate surface area is 103 Å². The zero-order chi connectivity index (χ0) is 13.9. The van der Waals surface area contributed by atoms with Gasteiger partial charge in [0.1, 0.15) is 17.7 Å². The van der Waals surface area contributed by atoms with Crippen LogP contribution in [0.1, 0.15) is 6.92 Å². The van der Waals surface area contributed by atoms with Gasteiger partial charge in [0.15, 0.2) is 0 Å². The largest absolute Gasteiger partial charge is 0.468 e. The van der Waals surface area contributed by atoms with Crippen molar-refractivity contribution in [3.8, 4) is 0 Å². The van der Waals surface area contributed by atoms with Gasteiger partial charge < -0.3 is 4.74 Å². The number of hydrogen-bond acceptors (Lipinski definition) is 4. The molecule has 100 valence electrons. The lowest BCUT2D eigenvalue weighted by Gasteiger charge is -2.12. The molecule has 0 aromatic heterocycles. The molecule has 0 bridgehead atoms. The van der Waals surface area contributed by atoms with Crippen LogP contribution < -0.4 is 4.72 Å². The Hall–Kier alpha value is -1.54. The molecule has 0 aliphatic heterocycles. The molecule has 0 heterocycles. The van der Waals surface area contributed by atoms with Crippen molar-refractivity contribution in [2.75, 3.05) is 7.11 Å². The van der Waals surface area contributed by atoms with Crippen molar-refractivity contribution in [3.05, 3.63) is 29.8 Å². The number of carbonyl (C=O) groups is 1. The zero-order valence-electron chi connectivity index (χ0n) is 9.61. The Morgan fingerprint density at radius 3 is 2.22 bits per heavy atom. The standard InChI is InChI=1S/C10H11F2NO4S/c1-6(10(14)17-2)13-18(15,16)9-4-7(11)3-8(12)5-9/h3-6,13H,1-2H3. The van der Waals surface area contributed by atoms with Crippen molar-refractivity contribution in [2.45, 2.75) is 17.9 Å². The van der Waals surface area contributed by atoms with Crippen LogP contribution >= 0.6 is 0 Å². The van der Waals surface area contributed by atoms with Crippen LogP contribution in [-0.2, 0) is 19.6 Å². The fraction of sp³-hybridized carbons (Fsp3) is 0.300. The molecule has 1 aromatic rings. The van der Waals surface area contributed by atoms with E-state index in [9.17, 15) is 22.0 Å². The molecule has 0 spiro atoms. The number of benzene rings is 1. The summed E-state index contributed by atoms with van der Waals surface area (Å²) >= 11 is 0. The highest BCUT2D eigenvalue weighted by atomic mass is 32.2. The molecule has 0 aliphatic rings. The fourth-order valence-electron chi connectivity index (χ4n) is 1.21. The van der Waals surface area contributed by atoms with E-state index in [0.717, 1.165) is 7.11 Å². The minimum absolute atomic E-state index is 0.544. The molecule has 0 amide bonds. The topological polar surface area (TPSA) is 72.5 Å². The summed E-state index contributed by atoms with van der Waals surface area (Å²) in [5.41, 5.74) is 0. The first-order valence-electron chi connectivity index (χ1n) is 4.82. The SMILES string of the molecule is COC(=O)C(C)NS(=O)(=O)c1cc(F)cc(F)c1. The third kappa shape index (κ3) is 3.47. The lowest BCUT2D eigenvalue weighted by Crippen LogP contribution is -2.39. The Bertz CT molecular complexity index is 539. The van der Waals surface area contributed by atoms with Crippen molar-refractivity contribution in [1.29, 1.82) is 0 Å². The number of ether oxygens (including phenoxy) is 1. The molecule has 1 unspecified atom stereocenters. The minimum Gasteiger partial charge on any atom is -0.468 e. The van der Waals surface area contributed by atoms with Crippen LogP contribution in [0, 0.1) is 11.6 Å². The fourth-order valence-corrected chi connectivity index (χ4v) is 2.44. The Morgan fingerprint density at radius 1 is 1.28 bits per heavy atom. The average Bonchev–Trinajstić information content (AvgIpc) is 2.26. The van der Waals surface area contributed by atoms with Gasteiger partial charge >= 0.3 is 5.97 Å². The number of halogens is 2. The van der Waals surface area contributed by atoms with Gasteiger partial charge in [-0.2, -0.15) is 4.72 Å². The van der Waals surface area contributed by atoms with Crippen molar-refractivity contribution in [3.63, 3.8) is 0 Å². The van der Waals surface area contributed by atoms with Crippen molar-refractivity contribution < 1.29 is 26.7 Å². The Balaban J connectivity index is 3.03. The smallest absolute Gasteiger partial charge is 0.323 e. The van der Waals surface area contributed by atoms with E-state index >= 15 is 0 Å². The van der Waals surface area contributed by atoms with E-state index in [1.165, 1.54) is 6.92 Å². The summed E-state index contributed by atoms with van der Waals surface area (Å²) in [6.45, 7) is 1.25. The van der Waals surface area contributed by atoms with Gasteiger partial charge in [-0.05, 0) is 19.1 Å². The molecular weight excluding hydrogens is 268 g/mol. The van der Waals surface area contributed by atoms with Crippen molar-refractivity contribution in [2.24, 2.45) is 0 Å².